The molecule has 0 N–H and O–H groups in total. The Balaban J connectivity index is 0.882. The van der Waals surface area contributed by atoms with Crippen LogP contribution >= 0.6 is 0 Å². The highest BCUT2D eigenvalue weighted by molar-refractivity contribution is 5.79. The summed E-state index contributed by atoms with van der Waals surface area (Å²) in [4.78, 5) is 50.6. The van der Waals surface area contributed by atoms with E-state index in [0.29, 0.717) is 42.7 Å². The summed E-state index contributed by atoms with van der Waals surface area (Å²) in [6.45, 7) is 8.91. The number of hydrogen-bond donors (Lipinski definition) is 0. The molecule has 306 valence electrons. The maximum atomic E-state index is 12.9. The molecular weight excluding hydrogens is 712 g/mol. The van der Waals surface area contributed by atoms with Gasteiger partial charge in [0, 0.05) is 18.8 Å². The normalized spacial score (nSPS) is 29.9. The number of Topliss-reactive ketones (excluding diaryl/α,β-unsaturated/α-hetero) is 1. The molecule has 9 atom stereocenters. The Morgan fingerprint density at radius 2 is 1.32 bits per heavy atom. The zero-order valence-electron chi connectivity index (χ0n) is 33.8. The van der Waals surface area contributed by atoms with Gasteiger partial charge in [0.2, 0.25) is 6.79 Å². The first-order valence-corrected chi connectivity index (χ1v) is 20.9. The van der Waals surface area contributed by atoms with E-state index in [1.807, 2.05) is 60.7 Å². The van der Waals surface area contributed by atoms with Crippen molar-refractivity contribution >= 4 is 23.9 Å². The largest absolute Gasteiger partial charge is 0.511 e. The van der Waals surface area contributed by atoms with Gasteiger partial charge >= 0.3 is 18.1 Å². The molecule has 0 aromatic heterocycles. The molecule has 6 rings (SSSR count). The Morgan fingerprint density at radius 1 is 0.714 bits per heavy atom. The van der Waals surface area contributed by atoms with Crippen LogP contribution in [-0.2, 0) is 56.0 Å². The van der Waals surface area contributed by atoms with E-state index >= 15 is 0 Å². The minimum atomic E-state index is -0.832. The summed E-state index contributed by atoms with van der Waals surface area (Å²) in [5, 5.41) is 0. The Hall–Kier alpha value is -3.76. The maximum absolute atomic E-state index is 12.9. The summed E-state index contributed by atoms with van der Waals surface area (Å²) < 4.78 is 33.5. The number of hydrogen-bond acceptors (Lipinski definition) is 10. The average molecular weight is 775 g/mol. The molecule has 4 saturated carbocycles. The number of benzene rings is 2. The highest BCUT2D eigenvalue weighted by Gasteiger charge is 2.61. The van der Waals surface area contributed by atoms with E-state index in [4.69, 9.17) is 28.4 Å². The zero-order valence-corrected chi connectivity index (χ0v) is 33.8. The van der Waals surface area contributed by atoms with E-state index in [1.54, 1.807) is 13.8 Å². The minimum absolute atomic E-state index is 0.00581. The van der Waals surface area contributed by atoms with Crippen LogP contribution in [-0.4, -0.2) is 56.1 Å². The molecule has 0 amide bonds. The van der Waals surface area contributed by atoms with Crippen LogP contribution in [0.5, 0.6) is 0 Å². The molecule has 0 spiro atoms. The third-order valence-corrected chi connectivity index (χ3v) is 13.9. The van der Waals surface area contributed by atoms with Crippen molar-refractivity contribution in [2.75, 3.05) is 20.0 Å². The lowest BCUT2D eigenvalue weighted by molar-refractivity contribution is -0.160. The van der Waals surface area contributed by atoms with E-state index < -0.39 is 31.0 Å². The SMILES string of the molecule is CC(=O)C1CCC2[C@@H]3CC[C@H]4C[C@H](OC(=O)OCOC(=O)CC(C)CC(=O)OC(COCc5ccccc5)COCc5ccccc5)CC[C@]4(C)[C@H]3CC[C@]12C. The molecule has 0 bridgehead atoms. The van der Waals surface area contributed by atoms with Crippen molar-refractivity contribution in [3.05, 3.63) is 71.8 Å². The fraction of sp³-hybridized carbons (Fsp3) is 0.652. The lowest BCUT2D eigenvalue weighted by Crippen LogP contribution is -2.54. The van der Waals surface area contributed by atoms with E-state index in [1.165, 1.54) is 19.3 Å². The van der Waals surface area contributed by atoms with Crippen LogP contribution in [0.1, 0.15) is 109 Å². The van der Waals surface area contributed by atoms with Crippen LogP contribution in [0.4, 0.5) is 4.79 Å². The van der Waals surface area contributed by atoms with Crippen LogP contribution in [0.2, 0.25) is 0 Å². The standard InChI is InChI=1S/C46H62O10/c1-31(24-43(49)55-37(28-51-26-33-11-7-5-8-12-33)29-52-27-34-13-9-6-10-14-34)23-42(48)53-30-54-44(50)56-36-19-21-45(3)35(25-36)15-16-38-40-18-17-39(32(2)47)46(40,4)22-20-41(38)45/h5-14,31,35-41H,15-30H2,1-4H3/t31?,35-,36+,38-,39?,40?,41-,45-,46+/m0/s1. The van der Waals surface area contributed by atoms with Gasteiger partial charge in [0.15, 0.2) is 0 Å². The van der Waals surface area contributed by atoms with Crippen molar-refractivity contribution < 1.29 is 47.6 Å². The van der Waals surface area contributed by atoms with Gasteiger partial charge in [0.1, 0.15) is 18.0 Å². The molecule has 4 aliphatic carbocycles. The molecule has 0 heterocycles. The van der Waals surface area contributed by atoms with Crippen LogP contribution in [0.15, 0.2) is 60.7 Å². The monoisotopic (exact) mass is 774 g/mol. The summed E-state index contributed by atoms with van der Waals surface area (Å²) in [5.41, 5.74) is 2.38. The first-order chi connectivity index (χ1) is 26.9. The van der Waals surface area contributed by atoms with Crippen molar-refractivity contribution in [1.82, 2.24) is 0 Å². The van der Waals surface area contributed by atoms with Gasteiger partial charge in [-0.05, 0) is 116 Å². The number of rotatable bonds is 17. The zero-order chi connectivity index (χ0) is 39.7. The lowest BCUT2D eigenvalue weighted by Gasteiger charge is -2.61. The molecular formula is C46H62O10. The topological polar surface area (TPSA) is 124 Å². The molecule has 10 heteroatoms. The fourth-order valence-corrected chi connectivity index (χ4v) is 11.1. The number of fused-ring (bicyclic) bond motifs is 5. The molecule has 56 heavy (non-hydrogen) atoms. The second-order valence-electron chi connectivity index (χ2n) is 17.6. The fourth-order valence-electron chi connectivity index (χ4n) is 11.1. The van der Waals surface area contributed by atoms with Crippen molar-refractivity contribution in [3.63, 3.8) is 0 Å². The number of esters is 2. The van der Waals surface area contributed by atoms with Gasteiger partial charge in [-0.3, -0.25) is 14.4 Å². The van der Waals surface area contributed by atoms with Crippen LogP contribution < -0.4 is 0 Å². The van der Waals surface area contributed by atoms with Gasteiger partial charge in [0.05, 0.1) is 26.4 Å². The van der Waals surface area contributed by atoms with E-state index in [9.17, 15) is 19.2 Å². The van der Waals surface area contributed by atoms with E-state index in [0.717, 1.165) is 49.7 Å². The first-order valence-electron chi connectivity index (χ1n) is 20.9. The van der Waals surface area contributed by atoms with E-state index in [2.05, 4.69) is 13.8 Å². The molecule has 2 aromatic rings. The molecule has 4 fully saturated rings. The van der Waals surface area contributed by atoms with E-state index in [-0.39, 0.29) is 54.8 Å². The van der Waals surface area contributed by atoms with Gasteiger partial charge in [-0.15, -0.1) is 0 Å². The van der Waals surface area contributed by atoms with Crippen molar-refractivity contribution in [3.8, 4) is 0 Å². The summed E-state index contributed by atoms with van der Waals surface area (Å²) in [7, 11) is 0. The second-order valence-corrected chi connectivity index (χ2v) is 17.6. The van der Waals surface area contributed by atoms with Crippen molar-refractivity contribution in [2.45, 2.75) is 124 Å². The molecule has 0 saturated heterocycles. The first kappa shape index (κ1) is 41.9. The summed E-state index contributed by atoms with van der Waals surface area (Å²) in [5.74, 6) is 1.60. The number of ketones is 1. The lowest BCUT2D eigenvalue weighted by atomic mass is 9.44. The molecule has 10 nitrogen and oxygen atoms in total. The number of carbonyl (C=O) groups excluding carboxylic acids is 4. The highest BCUT2D eigenvalue weighted by Crippen LogP contribution is 2.67. The van der Waals surface area contributed by atoms with Gasteiger partial charge < -0.3 is 28.4 Å². The van der Waals surface area contributed by atoms with Crippen molar-refractivity contribution in [1.29, 1.82) is 0 Å². The van der Waals surface area contributed by atoms with Gasteiger partial charge in [-0.1, -0.05) is 81.4 Å². The third-order valence-electron chi connectivity index (χ3n) is 13.9. The van der Waals surface area contributed by atoms with Crippen LogP contribution in [0.25, 0.3) is 0 Å². The third kappa shape index (κ3) is 10.4. The second kappa shape index (κ2) is 19.1. The number of carbonyl (C=O) groups is 4. The summed E-state index contributed by atoms with van der Waals surface area (Å²) in [6.07, 6.45) is 7.72. The molecule has 3 unspecified atom stereocenters. The highest BCUT2D eigenvalue weighted by atomic mass is 16.8. The molecule has 2 aromatic carbocycles. The Labute approximate surface area is 332 Å². The van der Waals surface area contributed by atoms with Gasteiger partial charge in [-0.25, -0.2) is 4.79 Å². The minimum Gasteiger partial charge on any atom is -0.457 e. The number of ether oxygens (including phenoxy) is 6. The molecule has 0 radical (unpaired) electrons. The Bertz CT molecular complexity index is 1570. The van der Waals surface area contributed by atoms with Gasteiger partial charge in [0.25, 0.3) is 0 Å². The van der Waals surface area contributed by atoms with Crippen LogP contribution in [0.3, 0.4) is 0 Å². The van der Waals surface area contributed by atoms with Crippen molar-refractivity contribution in [2.24, 2.45) is 46.3 Å². The Kier molecular flexibility index (Phi) is 14.3. The van der Waals surface area contributed by atoms with Crippen LogP contribution in [0, 0.1) is 46.3 Å². The Morgan fingerprint density at radius 3 is 1.96 bits per heavy atom. The van der Waals surface area contributed by atoms with Gasteiger partial charge in [-0.2, -0.15) is 0 Å². The molecule has 4 aliphatic rings. The average Bonchev–Trinajstić information content (AvgIpc) is 3.53. The molecule has 0 aliphatic heterocycles. The summed E-state index contributed by atoms with van der Waals surface area (Å²) in [6, 6.07) is 19.5. The quantitative estimate of drug-likeness (QED) is 0.0874. The maximum Gasteiger partial charge on any atom is 0.511 e. The predicted octanol–water partition coefficient (Wildman–Crippen LogP) is 9.02. The summed E-state index contributed by atoms with van der Waals surface area (Å²) >= 11 is 0. The smallest absolute Gasteiger partial charge is 0.457 e. The predicted molar refractivity (Wildman–Crippen MR) is 209 cm³/mol.